The first-order chi connectivity index (χ1) is 13.6. The number of halogens is 4. The maximum Gasteiger partial charge on any atom is 0.416 e. The van der Waals surface area contributed by atoms with Gasteiger partial charge < -0.3 is 15.2 Å². The molecule has 0 radical (unpaired) electrons. The topological polar surface area (TPSA) is 87.6 Å². The number of hydrogen-bond donors (Lipinski definition) is 2. The zero-order valence-electron chi connectivity index (χ0n) is 15.4. The Morgan fingerprint density at radius 1 is 1.31 bits per heavy atom. The Hall–Kier alpha value is -2.95. The summed E-state index contributed by atoms with van der Waals surface area (Å²) < 4.78 is 57.2. The Bertz CT molecular complexity index is 907. The van der Waals surface area contributed by atoms with Crippen LogP contribution in [0.15, 0.2) is 30.5 Å². The maximum absolute atomic E-state index is 14.2. The van der Waals surface area contributed by atoms with Crippen molar-refractivity contribution in [3.8, 4) is 0 Å². The van der Waals surface area contributed by atoms with Gasteiger partial charge in [-0.1, -0.05) is 6.07 Å². The summed E-state index contributed by atoms with van der Waals surface area (Å²) in [6, 6.07) is 2.32. The van der Waals surface area contributed by atoms with Crippen molar-refractivity contribution in [1.82, 2.24) is 9.97 Å². The number of ether oxygens (including phenoxy) is 1. The fourth-order valence-corrected chi connectivity index (χ4v) is 2.93. The number of amides is 1. The molecule has 0 aliphatic carbocycles. The van der Waals surface area contributed by atoms with Crippen LogP contribution in [0.2, 0.25) is 0 Å². The van der Waals surface area contributed by atoms with E-state index in [-0.39, 0.29) is 23.9 Å². The van der Waals surface area contributed by atoms with Crippen molar-refractivity contribution in [2.75, 3.05) is 16.8 Å². The van der Waals surface area contributed by atoms with Gasteiger partial charge in [-0.3, -0.25) is 4.90 Å². The third kappa shape index (κ3) is 4.39. The number of aliphatic hydroxyl groups excluding tert-OH is 1. The van der Waals surface area contributed by atoms with E-state index in [1.54, 1.807) is 0 Å². The van der Waals surface area contributed by atoms with Crippen molar-refractivity contribution in [2.45, 2.75) is 38.2 Å². The smallest absolute Gasteiger partial charge is 0.416 e. The normalized spacial score (nSPS) is 19.1. The summed E-state index contributed by atoms with van der Waals surface area (Å²) in [5, 5.41) is 12.6. The van der Waals surface area contributed by atoms with Crippen molar-refractivity contribution >= 4 is 17.9 Å². The maximum atomic E-state index is 14.2. The van der Waals surface area contributed by atoms with Gasteiger partial charge in [-0.15, -0.1) is 0 Å². The number of nitrogens with one attached hydrogen (secondary N) is 1. The molecule has 156 valence electrons. The molecule has 1 aromatic heterocycles. The predicted molar refractivity (Wildman–Crippen MR) is 94.8 cm³/mol. The Morgan fingerprint density at radius 2 is 2.03 bits per heavy atom. The van der Waals surface area contributed by atoms with Crippen molar-refractivity contribution in [3.63, 3.8) is 0 Å². The molecule has 2 N–H and O–H groups in total. The molecule has 1 aliphatic rings. The van der Waals surface area contributed by atoms with E-state index in [4.69, 9.17) is 4.74 Å². The standard InChI is InChI=1S/C18H18F4N4O3/c1-9(12-4-3-11(7-13(12)19)18(20,21)22)24-16-23-6-5-15(25-16)26-14(10(2)27)8-29-17(26)28/h3-7,9-10,14,27H,8H2,1-2H3,(H,23,24,25)/t9-,10+,14?/m0/s1. The summed E-state index contributed by atoms with van der Waals surface area (Å²) in [7, 11) is 0. The zero-order chi connectivity index (χ0) is 21.3. The van der Waals surface area contributed by atoms with Gasteiger partial charge in [0.25, 0.3) is 0 Å². The molecular weight excluding hydrogens is 396 g/mol. The van der Waals surface area contributed by atoms with E-state index < -0.39 is 41.8 Å². The lowest BCUT2D eigenvalue weighted by Crippen LogP contribution is -2.41. The van der Waals surface area contributed by atoms with E-state index in [2.05, 4.69) is 15.3 Å². The first-order valence-corrected chi connectivity index (χ1v) is 8.68. The molecule has 3 atom stereocenters. The third-order valence-corrected chi connectivity index (χ3v) is 4.49. The molecular formula is C18H18F4N4O3. The van der Waals surface area contributed by atoms with Gasteiger partial charge in [0.1, 0.15) is 24.3 Å². The van der Waals surface area contributed by atoms with Crippen LogP contribution in [0.25, 0.3) is 0 Å². The molecule has 0 spiro atoms. The zero-order valence-corrected chi connectivity index (χ0v) is 15.4. The molecule has 1 aliphatic heterocycles. The second-order valence-corrected chi connectivity index (χ2v) is 6.59. The van der Waals surface area contributed by atoms with E-state index in [1.165, 1.54) is 31.0 Å². The lowest BCUT2D eigenvalue weighted by molar-refractivity contribution is -0.137. The molecule has 7 nitrogen and oxygen atoms in total. The van der Waals surface area contributed by atoms with Crippen LogP contribution < -0.4 is 10.2 Å². The highest BCUT2D eigenvalue weighted by molar-refractivity contribution is 5.89. The first-order valence-electron chi connectivity index (χ1n) is 8.68. The van der Waals surface area contributed by atoms with Gasteiger partial charge in [0.05, 0.1) is 17.7 Å². The second-order valence-electron chi connectivity index (χ2n) is 6.59. The first kappa shape index (κ1) is 20.8. The molecule has 1 unspecified atom stereocenters. The fourth-order valence-electron chi connectivity index (χ4n) is 2.93. The molecule has 0 saturated carbocycles. The number of alkyl halides is 3. The lowest BCUT2D eigenvalue weighted by Gasteiger charge is -2.23. The molecule has 2 heterocycles. The highest BCUT2D eigenvalue weighted by Crippen LogP contribution is 2.32. The number of nitrogens with zero attached hydrogens (tertiary/aromatic N) is 3. The van der Waals surface area contributed by atoms with Crippen LogP contribution in [-0.2, 0) is 10.9 Å². The molecule has 1 aromatic carbocycles. The Labute approximate surface area is 163 Å². The Balaban J connectivity index is 1.81. The van der Waals surface area contributed by atoms with Gasteiger partial charge in [-0.2, -0.15) is 18.2 Å². The molecule has 1 fully saturated rings. The van der Waals surface area contributed by atoms with Crippen molar-refractivity contribution in [2.24, 2.45) is 0 Å². The summed E-state index contributed by atoms with van der Waals surface area (Å²) >= 11 is 0. The van der Waals surface area contributed by atoms with Crippen molar-refractivity contribution in [1.29, 1.82) is 0 Å². The number of hydrogen-bond acceptors (Lipinski definition) is 6. The second kappa shape index (κ2) is 7.82. The summed E-state index contributed by atoms with van der Waals surface area (Å²) in [5.41, 5.74) is -1.09. The van der Waals surface area contributed by atoms with Crippen LogP contribution in [0, 0.1) is 5.82 Å². The number of benzene rings is 1. The van der Waals surface area contributed by atoms with E-state index in [0.29, 0.717) is 6.07 Å². The highest BCUT2D eigenvalue weighted by Gasteiger charge is 2.38. The van der Waals surface area contributed by atoms with E-state index in [9.17, 15) is 27.5 Å². The SMILES string of the molecule is C[C@H](Nc1nccc(N2C(=O)OCC2[C@@H](C)O)n1)c1ccc(C(F)(F)F)cc1F. The van der Waals surface area contributed by atoms with Crippen LogP contribution in [0.5, 0.6) is 0 Å². The Kier molecular flexibility index (Phi) is 5.60. The number of cyclic esters (lactones) is 1. The third-order valence-electron chi connectivity index (χ3n) is 4.49. The van der Waals surface area contributed by atoms with Gasteiger partial charge in [0.15, 0.2) is 0 Å². The van der Waals surface area contributed by atoms with Gasteiger partial charge in [0.2, 0.25) is 5.95 Å². The van der Waals surface area contributed by atoms with Crippen LogP contribution in [0.4, 0.5) is 34.1 Å². The number of aliphatic hydroxyl groups is 1. The van der Waals surface area contributed by atoms with Gasteiger partial charge >= 0.3 is 12.3 Å². The highest BCUT2D eigenvalue weighted by atomic mass is 19.4. The van der Waals surface area contributed by atoms with Crippen molar-refractivity contribution in [3.05, 3.63) is 47.4 Å². The summed E-state index contributed by atoms with van der Waals surface area (Å²) in [4.78, 5) is 21.3. The number of anilines is 2. The van der Waals surface area contributed by atoms with Crippen LogP contribution in [-0.4, -0.2) is 39.9 Å². The minimum Gasteiger partial charge on any atom is -0.447 e. The number of carbonyl (C=O) groups excluding carboxylic acids is 1. The average molecular weight is 414 g/mol. The minimum atomic E-state index is -4.64. The molecule has 29 heavy (non-hydrogen) atoms. The van der Waals surface area contributed by atoms with E-state index in [0.717, 1.165) is 12.1 Å². The van der Waals surface area contributed by atoms with Crippen molar-refractivity contribution < 1.29 is 32.2 Å². The molecule has 2 aromatic rings. The van der Waals surface area contributed by atoms with Crippen LogP contribution in [0.3, 0.4) is 0 Å². The van der Waals surface area contributed by atoms with Gasteiger partial charge in [-0.25, -0.2) is 14.2 Å². The van der Waals surface area contributed by atoms with Crippen LogP contribution in [0.1, 0.15) is 31.0 Å². The minimum absolute atomic E-state index is 0.00354. The van der Waals surface area contributed by atoms with Gasteiger partial charge in [-0.05, 0) is 32.0 Å². The summed E-state index contributed by atoms with van der Waals surface area (Å²) in [5.74, 6) is -0.831. The van der Waals surface area contributed by atoms with E-state index in [1.807, 2.05) is 0 Å². The van der Waals surface area contributed by atoms with Gasteiger partial charge in [0, 0.05) is 11.8 Å². The molecule has 1 amide bonds. The summed E-state index contributed by atoms with van der Waals surface area (Å²) in [6.07, 6.45) is -4.83. The quantitative estimate of drug-likeness (QED) is 0.728. The molecule has 0 bridgehead atoms. The summed E-state index contributed by atoms with van der Waals surface area (Å²) in [6.45, 7) is 3.04. The van der Waals surface area contributed by atoms with Crippen LogP contribution >= 0.6 is 0 Å². The average Bonchev–Trinajstić information content (AvgIpc) is 3.02. The molecule has 1 saturated heterocycles. The Morgan fingerprint density at radius 3 is 2.66 bits per heavy atom. The predicted octanol–water partition coefficient (Wildman–Crippen LogP) is 3.51. The molecule has 3 rings (SSSR count). The monoisotopic (exact) mass is 414 g/mol. The number of aromatic nitrogens is 2. The molecule has 11 heteroatoms. The number of rotatable bonds is 5. The lowest BCUT2D eigenvalue weighted by atomic mass is 10.0. The van der Waals surface area contributed by atoms with E-state index >= 15 is 0 Å². The number of carbonyl (C=O) groups is 1. The largest absolute Gasteiger partial charge is 0.447 e. The fraction of sp³-hybridized carbons (Fsp3) is 0.389.